The van der Waals surface area contributed by atoms with Crippen molar-refractivity contribution in [2.24, 2.45) is 11.8 Å². The minimum atomic E-state index is -0.105. The monoisotopic (exact) mass is 248 g/mol. The van der Waals surface area contributed by atoms with Crippen LogP contribution in [0.25, 0.3) is 0 Å². The van der Waals surface area contributed by atoms with Crippen LogP contribution in [0.5, 0.6) is 0 Å². The molecule has 1 rings (SSSR count). The largest absolute Gasteiger partial charge is 0.466 e. The normalized spacial score (nSPS) is 12.5. The van der Waals surface area contributed by atoms with Gasteiger partial charge in [-0.2, -0.15) is 0 Å². The Balaban J connectivity index is 2.64. The van der Waals surface area contributed by atoms with Crippen LogP contribution >= 0.6 is 0 Å². The van der Waals surface area contributed by atoms with Gasteiger partial charge in [0.15, 0.2) is 0 Å². The molecule has 1 atom stereocenters. The van der Waals surface area contributed by atoms with E-state index in [2.05, 4.69) is 38.1 Å². The number of esters is 1. The molecular formula is C16H24O2. The topological polar surface area (TPSA) is 26.3 Å². The molecule has 0 saturated heterocycles. The first kappa shape index (κ1) is 14.7. The quantitative estimate of drug-likeness (QED) is 0.719. The van der Waals surface area contributed by atoms with E-state index >= 15 is 0 Å². The van der Waals surface area contributed by atoms with Gasteiger partial charge in [0.05, 0.1) is 12.5 Å². The maximum Gasteiger partial charge on any atom is 0.308 e. The fraction of sp³-hybridized carbons (Fsp3) is 0.562. The molecule has 1 unspecified atom stereocenters. The first-order valence-electron chi connectivity index (χ1n) is 6.77. The first-order chi connectivity index (χ1) is 8.52. The van der Waals surface area contributed by atoms with Gasteiger partial charge in [0.1, 0.15) is 0 Å². The number of benzene rings is 1. The fourth-order valence-electron chi connectivity index (χ4n) is 2.08. The van der Waals surface area contributed by atoms with Crippen LogP contribution in [0.2, 0.25) is 0 Å². The van der Waals surface area contributed by atoms with Gasteiger partial charge in [-0.3, -0.25) is 4.79 Å². The van der Waals surface area contributed by atoms with Gasteiger partial charge in [0.25, 0.3) is 0 Å². The number of carbonyl (C=O) groups excluding carboxylic acids is 1. The van der Waals surface area contributed by atoms with E-state index < -0.39 is 0 Å². The van der Waals surface area contributed by atoms with Crippen molar-refractivity contribution in [3.8, 4) is 0 Å². The molecule has 2 heteroatoms. The van der Waals surface area contributed by atoms with Crippen molar-refractivity contribution in [2.45, 2.75) is 40.5 Å². The Morgan fingerprint density at radius 3 is 2.33 bits per heavy atom. The van der Waals surface area contributed by atoms with E-state index in [0.29, 0.717) is 12.5 Å². The van der Waals surface area contributed by atoms with Crippen LogP contribution < -0.4 is 0 Å². The van der Waals surface area contributed by atoms with Crippen LogP contribution in [-0.2, 0) is 22.4 Å². The van der Waals surface area contributed by atoms with Gasteiger partial charge in [-0.05, 0) is 36.8 Å². The average molecular weight is 248 g/mol. The molecule has 0 amide bonds. The highest BCUT2D eigenvalue weighted by atomic mass is 16.5. The Labute approximate surface area is 110 Å². The van der Waals surface area contributed by atoms with E-state index in [1.807, 2.05) is 13.8 Å². The SMILES string of the molecule is CCOC(=O)C(C)Cc1cccc(CC(C)C)c1. The molecule has 0 spiro atoms. The van der Waals surface area contributed by atoms with Crippen molar-refractivity contribution in [3.63, 3.8) is 0 Å². The molecule has 0 aliphatic heterocycles. The van der Waals surface area contributed by atoms with Gasteiger partial charge < -0.3 is 4.74 Å². The summed E-state index contributed by atoms with van der Waals surface area (Å²) >= 11 is 0. The molecule has 0 aliphatic carbocycles. The zero-order valence-electron chi connectivity index (χ0n) is 11.9. The van der Waals surface area contributed by atoms with Gasteiger partial charge in [0.2, 0.25) is 0 Å². The fourth-order valence-corrected chi connectivity index (χ4v) is 2.08. The van der Waals surface area contributed by atoms with Crippen LogP contribution in [0.1, 0.15) is 38.8 Å². The van der Waals surface area contributed by atoms with E-state index in [1.165, 1.54) is 11.1 Å². The Kier molecular flexibility index (Phi) is 5.90. The smallest absolute Gasteiger partial charge is 0.308 e. The molecule has 0 heterocycles. The summed E-state index contributed by atoms with van der Waals surface area (Å²) in [5, 5.41) is 0. The Morgan fingerprint density at radius 2 is 1.78 bits per heavy atom. The molecule has 0 radical (unpaired) electrons. The lowest BCUT2D eigenvalue weighted by Crippen LogP contribution is -2.17. The van der Waals surface area contributed by atoms with Gasteiger partial charge in [0, 0.05) is 0 Å². The Hall–Kier alpha value is -1.31. The predicted octanol–water partition coefficient (Wildman–Crippen LogP) is 3.63. The second-order valence-corrected chi connectivity index (χ2v) is 5.28. The number of hydrogen-bond donors (Lipinski definition) is 0. The predicted molar refractivity (Wildman–Crippen MR) is 74.5 cm³/mol. The lowest BCUT2D eigenvalue weighted by atomic mass is 9.96. The highest BCUT2D eigenvalue weighted by Crippen LogP contribution is 2.14. The summed E-state index contributed by atoms with van der Waals surface area (Å²) < 4.78 is 5.03. The molecule has 1 aromatic carbocycles. The summed E-state index contributed by atoms with van der Waals surface area (Å²) in [5.74, 6) is 0.480. The minimum absolute atomic E-state index is 0.0701. The minimum Gasteiger partial charge on any atom is -0.466 e. The van der Waals surface area contributed by atoms with Crippen LogP contribution in [0, 0.1) is 11.8 Å². The highest BCUT2D eigenvalue weighted by Gasteiger charge is 2.14. The second-order valence-electron chi connectivity index (χ2n) is 5.28. The molecule has 0 fully saturated rings. The molecule has 0 aliphatic rings. The Bertz CT molecular complexity index is 382. The maximum absolute atomic E-state index is 11.6. The molecule has 100 valence electrons. The molecule has 2 nitrogen and oxygen atoms in total. The number of hydrogen-bond acceptors (Lipinski definition) is 2. The van der Waals surface area contributed by atoms with Crippen molar-refractivity contribution in [3.05, 3.63) is 35.4 Å². The summed E-state index contributed by atoms with van der Waals surface area (Å²) in [6, 6.07) is 8.51. The second kappa shape index (κ2) is 7.20. The third-order valence-corrected chi connectivity index (χ3v) is 2.87. The maximum atomic E-state index is 11.6. The molecule has 1 aromatic rings. The third kappa shape index (κ3) is 4.91. The molecule has 0 bridgehead atoms. The molecule has 18 heavy (non-hydrogen) atoms. The lowest BCUT2D eigenvalue weighted by molar-refractivity contribution is -0.147. The number of carbonyl (C=O) groups is 1. The molecule has 0 N–H and O–H groups in total. The molecule has 0 aromatic heterocycles. The van der Waals surface area contributed by atoms with Crippen LogP contribution in [0.3, 0.4) is 0 Å². The summed E-state index contributed by atoms with van der Waals surface area (Å²) in [5.41, 5.74) is 2.56. The van der Waals surface area contributed by atoms with Crippen LogP contribution in [0.15, 0.2) is 24.3 Å². The van der Waals surface area contributed by atoms with Crippen molar-refractivity contribution in [1.29, 1.82) is 0 Å². The summed E-state index contributed by atoms with van der Waals surface area (Å²) in [7, 11) is 0. The van der Waals surface area contributed by atoms with E-state index in [-0.39, 0.29) is 11.9 Å². The van der Waals surface area contributed by atoms with Crippen molar-refractivity contribution < 1.29 is 9.53 Å². The standard InChI is InChI=1S/C16H24O2/c1-5-18-16(17)13(4)10-15-8-6-7-14(11-15)9-12(2)3/h6-8,11-13H,5,9-10H2,1-4H3. The zero-order valence-corrected chi connectivity index (χ0v) is 11.9. The van der Waals surface area contributed by atoms with Gasteiger partial charge in [-0.1, -0.05) is 45.0 Å². The van der Waals surface area contributed by atoms with Crippen molar-refractivity contribution in [1.82, 2.24) is 0 Å². The van der Waals surface area contributed by atoms with E-state index in [0.717, 1.165) is 12.8 Å². The van der Waals surface area contributed by atoms with E-state index in [9.17, 15) is 4.79 Å². The summed E-state index contributed by atoms with van der Waals surface area (Å²) in [4.78, 5) is 11.6. The van der Waals surface area contributed by atoms with Crippen LogP contribution in [0.4, 0.5) is 0 Å². The number of ether oxygens (including phenoxy) is 1. The average Bonchev–Trinajstić information content (AvgIpc) is 2.28. The van der Waals surface area contributed by atoms with Crippen LogP contribution in [-0.4, -0.2) is 12.6 Å². The van der Waals surface area contributed by atoms with Crippen molar-refractivity contribution >= 4 is 5.97 Å². The van der Waals surface area contributed by atoms with Gasteiger partial charge >= 0.3 is 5.97 Å². The van der Waals surface area contributed by atoms with Gasteiger partial charge in [-0.15, -0.1) is 0 Å². The molecule has 0 saturated carbocycles. The lowest BCUT2D eigenvalue weighted by Gasteiger charge is -2.12. The third-order valence-electron chi connectivity index (χ3n) is 2.87. The first-order valence-corrected chi connectivity index (χ1v) is 6.77. The Morgan fingerprint density at radius 1 is 1.17 bits per heavy atom. The summed E-state index contributed by atoms with van der Waals surface area (Å²) in [6.45, 7) is 8.65. The van der Waals surface area contributed by atoms with Gasteiger partial charge in [-0.25, -0.2) is 0 Å². The zero-order chi connectivity index (χ0) is 13.5. The summed E-state index contributed by atoms with van der Waals surface area (Å²) in [6.07, 6.45) is 1.84. The van der Waals surface area contributed by atoms with E-state index in [1.54, 1.807) is 0 Å². The molecular weight excluding hydrogens is 224 g/mol. The highest BCUT2D eigenvalue weighted by molar-refractivity contribution is 5.72. The van der Waals surface area contributed by atoms with E-state index in [4.69, 9.17) is 4.74 Å². The van der Waals surface area contributed by atoms with Crippen molar-refractivity contribution in [2.75, 3.05) is 6.61 Å². The number of rotatable bonds is 6.